The number of carbonyl (C=O) groups excluding carboxylic acids is 3. The third-order valence-electron chi connectivity index (χ3n) is 5.05. The van der Waals surface area contributed by atoms with Gasteiger partial charge in [-0.3, -0.25) is 0 Å². The summed E-state index contributed by atoms with van der Waals surface area (Å²) in [5.74, 6) is -2.94. The summed E-state index contributed by atoms with van der Waals surface area (Å²) in [7, 11) is 0. The van der Waals surface area contributed by atoms with Gasteiger partial charge >= 0.3 is 23.9 Å². The van der Waals surface area contributed by atoms with Crippen LogP contribution in [0.1, 0.15) is 40.0 Å². The lowest BCUT2D eigenvalue weighted by molar-refractivity contribution is -0.132. The van der Waals surface area contributed by atoms with Gasteiger partial charge in [0.05, 0.1) is 44.4 Å². The topological polar surface area (TPSA) is 321 Å². The van der Waals surface area contributed by atoms with Crippen LogP contribution in [0.5, 0.6) is 0 Å². The van der Waals surface area contributed by atoms with Gasteiger partial charge in [-0.05, 0) is 30.1 Å². The van der Waals surface area contributed by atoms with E-state index in [0.29, 0.717) is 6.54 Å². The van der Waals surface area contributed by atoms with E-state index in [2.05, 4.69) is 62.0 Å². The Balaban J connectivity index is -0.000000154. The molecule has 0 radical (unpaired) electrons. The Hall–Kier alpha value is -4.50. The van der Waals surface area contributed by atoms with Crippen LogP contribution in [0.25, 0.3) is 0 Å². The van der Waals surface area contributed by atoms with Crippen LogP contribution < -0.4 is 11.5 Å². The second-order valence-corrected chi connectivity index (χ2v) is 10.0. The standard InChI is InChI=1S/C12H18N2O2.C5H12O4.3C3H4O2.CH4N2O/c1-11(2)4-10(14-9-16)5-12(3,6-11)7-13-8-15;6-1-5(2-7,3-8)4-9;3*1-2-3(4)5;2-1(3)4/h10H,4-7H2,1-3H3;6-9H,1-4H2;3*2H,1H2,(H,4,5);(H4,2,3,4). The smallest absolute Gasteiger partial charge is 0.327 e. The molecule has 252 valence electrons. The maximum atomic E-state index is 10.3. The number of isocyanates is 2. The first kappa shape index (κ1) is 49.2. The van der Waals surface area contributed by atoms with Crippen molar-refractivity contribution in [2.24, 2.45) is 37.7 Å². The molecule has 0 aromatic heterocycles. The first-order chi connectivity index (χ1) is 20.2. The quantitative estimate of drug-likeness (QED) is 0.0867. The number of aliphatic hydroxyl groups is 4. The molecule has 0 aliphatic heterocycles. The molecule has 11 N–H and O–H groups in total. The maximum Gasteiger partial charge on any atom is 0.327 e. The number of primary amides is 2. The van der Waals surface area contributed by atoms with Gasteiger partial charge < -0.3 is 47.2 Å². The van der Waals surface area contributed by atoms with Crippen LogP contribution >= 0.6 is 0 Å². The minimum atomic E-state index is -1.11. The highest BCUT2D eigenvalue weighted by Gasteiger charge is 2.41. The zero-order valence-corrected chi connectivity index (χ0v) is 25.2. The van der Waals surface area contributed by atoms with E-state index in [9.17, 15) is 24.0 Å². The monoisotopic (exact) mass is 634 g/mol. The van der Waals surface area contributed by atoms with E-state index >= 15 is 0 Å². The first-order valence-corrected chi connectivity index (χ1v) is 12.3. The number of carbonyl (C=O) groups is 4. The molecule has 2 unspecified atom stereocenters. The van der Waals surface area contributed by atoms with E-state index in [0.717, 1.165) is 37.5 Å². The molecule has 17 nitrogen and oxygen atoms in total. The van der Waals surface area contributed by atoms with E-state index in [4.69, 9.17) is 40.5 Å². The molecular formula is C27H46N4O13. The summed E-state index contributed by atoms with van der Waals surface area (Å²) < 4.78 is 0. The molecule has 0 saturated heterocycles. The van der Waals surface area contributed by atoms with E-state index in [1.807, 2.05) is 0 Å². The molecule has 0 bridgehead atoms. The molecule has 2 atom stereocenters. The third kappa shape index (κ3) is 35.5. The van der Waals surface area contributed by atoms with Crippen molar-refractivity contribution in [3.05, 3.63) is 38.0 Å². The molecule has 1 fully saturated rings. The van der Waals surface area contributed by atoms with Crippen LogP contribution in [0.2, 0.25) is 0 Å². The lowest BCUT2D eigenvalue weighted by Crippen LogP contribution is -2.39. The second-order valence-electron chi connectivity index (χ2n) is 10.0. The molecule has 1 aliphatic carbocycles. The fraction of sp³-hybridized carbons (Fsp3) is 0.556. The fourth-order valence-electron chi connectivity index (χ4n) is 3.39. The van der Waals surface area contributed by atoms with Crippen molar-refractivity contribution in [2.45, 2.75) is 46.1 Å². The lowest BCUT2D eigenvalue weighted by Gasteiger charge is -2.44. The molecule has 0 spiro atoms. The molecule has 1 rings (SSSR count). The van der Waals surface area contributed by atoms with Crippen molar-refractivity contribution in [1.29, 1.82) is 0 Å². The lowest BCUT2D eigenvalue weighted by atomic mass is 9.63. The number of rotatable bonds is 10. The molecular weight excluding hydrogens is 588 g/mol. The molecule has 0 aromatic rings. The Labute approximate surface area is 255 Å². The highest BCUT2D eigenvalue weighted by molar-refractivity contribution is 5.79. The number of urea groups is 1. The molecule has 44 heavy (non-hydrogen) atoms. The summed E-state index contributed by atoms with van der Waals surface area (Å²) in [4.78, 5) is 64.8. The predicted molar refractivity (Wildman–Crippen MR) is 159 cm³/mol. The number of carboxylic acid groups (broad SMARTS) is 3. The highest BCUT2D eigenvalue weighted by atomic mass is 16.4. The van der Waals surface area contributed by atoms with Gasteiger partial charge in [-0.2, -0.15) is 0 Å². The first-order valence-electron chi connectivity index (χ1n) is 12.3. The average Bonchev–Trinajstić information content (AvgIpc) is 2.93. The summed E-state index contributed by atoms with van der Waals surface area (Å²) >= 11 is 0. The summed E-state index contributed by atoms with van der Waals surface area (Å²) in [6.07, 6.45) is 8.38. The zero-order valence-electron chi connectivity index (χ0n) is 25.2. The highest BCUT2D eigenvalue weighted by Crippen LogP contribution is 2.47. The van der Waals surface area contributed by atoms with Crippen molar-refractivity contribution in [2.75, 3.05) is 33.0 Å². The molecule has 1 saturated carbocycles. The van der Waals surface area contributed by atoms with Gasteiger partial charge in [-0.1, -0.05) is 40.5 Å². The van der Waals surface area contributed by atoms with Crippen molar-refractivity contribution >= 4 is 36.1 Å². The Bertz CT molecular complexity index is 920. The van der Waals surface area contributed by atoms with Crippen molar-refractivity contribution < 1.29 is 64.5 Å². The molecule has 17 heteroatoms. The van der Waals surface area contributed by atoms with E-state index < -0.39 is 55.8 Å². The average molecular weight is 635 g/mol. The summed E-state index contributed by atoms with van der Waals surface area (Å²) in [6.45, 7) is 14.1. The summed E-state index contributed by atoms with van der Waals surface area (Å²) in [6, 6.07) is -0.826. The Kier molecular flexibility index (Phi) is 32.0. The minimum absolute atomic E-state index is 0.00750. The van der Waals surface area contributed by atoms with Crippen LogP contribution in [0.4, 0.5) is 4.79 Å². The van der Waals surface area contributed by atoms with Gasteiger partial charge in [0.2, 0.25) is 12.2 Å². The Morgan fingerprint density at radius 1 is 0.795 bits per heavy atom. The van der Waals surface area contributed by atoms with Crippen LogP contribution in [-0.4, -0.2) is 111 Å². The van der Waals surface area contributed by atoms with Gasteiger partial charge in [-0.25, -0.2) is 38.8 Å². The zero-order chi connectivity index (χ0) is 36.0. The Morgan fingerprint density at radius 3 is 1.32 bits per heavy atom. The van der Waals surface area contributed by atoms with Crippen LogP contribution in [0.3, 0.4) is 0 Å². The molecule has 0 aromatic carbocycles. The SMILES string of the molecule is C=CC(=O)O.C=CC(=O)O.C=CC(=O)O.CC1(C)CC(N=C=O)CC(C)(CN=C=O)C1.NC(N)=O.OCC(CO)(CO)CO. The number of amides is 2. The Morgan fingerprint density at radius 2 is 1.11 bits per heavy atom. The van der Waals surface area contributed by atoms with Gasteiger partial charge in [0.15, 0.2) is 0 Å². The summed E-state index contributed by atoms with van der Waals surface area (Å²) in [5, 5.41) is 56.8. The second kappa shape index (κ2) is 28.6. The van der Waals surface area contributed by atoms with E-state index in [1.165, 1.54) is 0 Å². The molecule has 0 heterocycles. The minimum Gasteiger partial charge on any atom is -0.478 e. The number of nitrogens with two attached hydrogens (primary N) is 2. The van der Waals surface area contributed by atoms with Crippen molar-refractivity contribution in [3.63, 3.8) is 0 Å². The van der Waals surface area contributed by atoms with Crippen molar-refractivity contribution in [1.82, 2.24) is 0 Å². The largest absolute Gasteiger partial charge is 0.478 e. The maximum absolute atomic E-state index is 10.3. The normalized spacial score (nSPS) is 16.9. The number of hydrogen-bond donors (Lipinski definition) is 9. The van der Waals surface area contributed by atoms with Crippen LogP contribution in [-0.2, 0) is 24.0 Å². The van der Waals surface area contributed by atoms with Gasteiger partial charge in [0, 0.05) is 18.2 Å². The number of nitrogens with zero attached hydrogens (tertiary/aromatic N) is 2. The van der Waals surface area contributed by atoms with E-state index in [-0.39, 0.29) is 16.9 Å². The van der Waals surface area contributed by atoms with Gasteiger partial charge in [-0.15, -0.1) is 0 Å². The van der Waals surface area contributed by atoms with Gasteiger partial charge in [0.25, 0.3) is 0 Å². The van der Waals surface area contributed by atoms with Crippen molar-refractivity contribution in [3.8, 4) is 0 Å². The number of aliphatic hydroxyl groups excluding tert-OH is 4. The van der Waals surface area contributed by atoms with E-state index in [1.54, 1.807) is 12.2 Å². The van der Waals surface area contributed by atoms with Gasteiger partial charge in [0.1, 0.15) is 0 Å². The fourth-order valence-corrected chi connectivity index (χ4v) is 3.39. The van der Waals surface area contributed by atoms with Crippen LogP contribution in [0.15, 0.2) is 47.9 Å². The number of aliphatic imine (C=N–C) groups is 2. The molecule has 2 amide bonds. The predicted octanol–water partition coefficient (Wildman–Crippen LogP) is -0.0202. The number of hydrogen-bond acceptors (Lipinski definition) is 12. The number of carboxylic acids is 3. The van der Waals surface area contributed by atoms with Crippen LogP contribution in [0, 0.1) is 16.2 Å². The number of aliphatic carboxylic acids is 3. The molecule has 1 aliphatic rings. The summed E-state index contributed by atoms with van der Waals surface area (Å²) in [5.41, 5.74) is 7.45. The third-order valence-corrected chi connectivity index (χ3v) is 5.05.